The topological polar surface area (TPSA) is 108 Å². The summed E-state index contributed by atoms with van der Waals surface area (Å²) in [5.74, 6) is 0.217. The molecule has 0 saturated heterocycles. The summed E-state index contributed by atoms with van der Waals surface area (Å²) in [7, 11) is -1.48. The van der Waals surface area contributed by atoms with Crippen molar-refractivity contribution >= 4 is 32.9 Å². The first-order chi connectivity index (χ1) is 19.8. The van der Waals surface area contributed by atoms with Gasteiger partial charge in [0.1, 0.15) is 0 Å². The normalized spacial score (nSPS) is 11.7. The molecular formula is C31H33N5O4S. The number of rotatable bonds is 12. The molecule has 0 radical (unpaired) electrons. The van der Waals surface area contributed by atoms with Crippen molar-refractivity contribution in [3.8, 4) is 16.8 Å². The molecule has 0 bridgehead atoms. The standard InChI is InChI=1S/C31H33N5O4S/c1-35-29-17-16-24(20-26(29)21-32-35)23-11-10-12-25(19-23)30(37)34-31-33-27(22-36(31)28-14-7-5-8-15-28)13-6-3-4-9-18-40-41(2,38)39/h5,7-8,10-12,14-17,19-22H,3-4,6,9,13,18H2,1-2H3,(H,33,34,37). The first kappa shape index (κ1) is 28.3. The van der Waals surface area contributed by atoms with Crippen LogP contribution in [0.3, 0.4) is 0 Å². The number of anilines is 1. The van der Waals surface area contributed by atoms with Crippen LogP contribution >= 0.6 is 0 Å². The number of carbonyl (C=O) groups is 1. The summed E-state index contributed by atoms with van der Waals surface area (Å²) in [6.07, 6.45) is 8.95. The second-order valence-corrected chi connectivity index (χ2v) is 11.7. The molecule has 212 valence electrons. The fraction of sp³-hybridized carbons (Fsp3) is 0.258. The SMILES string of the molecule is Cn1ncc2cc(-c3cccc(C(=O)Nc4nc(CCCCCCOS(C)(=O)=O)cn4-c4ccccc4)c3)ccc21. The van der Waals surface area contributed by atoms with Crippen LogP contribution in [0.5, 0.6) is 0 Å². The van der Waals surface area contributed by atoms with Crippen molar-refractivity contribution in [2.24, 2.45) is 7.05 Å². The Morgan fingerprint density at radius 2 is 1.71 bits per heavy atom. The van der Waals surface area contributed by atoms with Crippen molar-refractivity contribution in [1.82, 2.24) is 19.3 Å². The highest BCUT2D eigenvalue weighted by atomic mass is 32.2. The summed E-state index contributed by atoms with van der Waals surface area (Å²) < 4.78 is 30.7. The lowest BCUT2D eigenvalue weighted by atomic mass is 10.0. The Morgan fingerprint density at radius 1 is 0.927 bits per heavy atom. The lowest BCUT2D eigenvalue weighted by molar-refractivity contribution is 0.102. The monoisotopic (exact) mass is 571 g/mol. The molecule has 0 aliphatic heterocycles. The van der Waals surface area contributed by atoms with Crippen molar-refractivity contribution in [2.75, 3.05) is 18.2 Å². The largest absolute Gasteiger partial charge is 0.292 e. The Balaban J connectivity index is 1.28. The van der Waals surface area contributed by atoms with Crippen LogP contribution < -0.4 is 5.32 Å². The van der Waals surface area contributed by atoms with Crippen molar-refractivity contribution < 1.29 is 17.4 Å². The lowest BCUT2D eigenvalue weighted by Gasteiger charge is -2.10. The smallest absolute Gasteiger partial charge is 0.264 e. The fourth-order valence-electron chi connectivity index (χ4n) is 4.75. The van der Waals surface area contributed by atoms with E-state index in [1.165, 1.54) is 0 Å². The third kappa shape index (κ3) is 7.27. The van der Waals surface area contributed by atoms with Gasteiger partial charge in [0.25, 0.3) is 16.0 Å². The summed E-state index contributed by atoms with van der Waals surface area (Å²) in [5, 5.41) is 8.38. The second kappa shape index (κ2) is 12.5. The van der Waals surface area contributed by atoms with Gasteiger partial charge >= 0.3 is 0 Å². The molecule has 0 aliphatic rings. The first-order valence-electron chi connectivity index (χ1n) is 13.6. The predicted octanol–water partition coefficient (Wildman–Crippen LogP) is 5.76. The highest BCUT2D eigenvalue weighted by Crippen LogP contribution is 2.26. The molecular weight excluding hydrogens is 538 g/mol. The number of hydrogen-bond acceptors (Lipinski definition) is 6. The van der Waals surface area contributed by atoms with Gasteiger partial charge in [-0.2, -0.15) is 13.5 Å². The molecule has 0 spiro atoms. The van der Waals surface area contributed by atoms with Gasteiger partial charge in [0.2, 0.25) is 5.95 Å². The average molecular weight is 572 g/mol. The van der Waals surface area contributed by atoms with E-state index in [2.05, 4.69) is 16.5 Å². The number of fused-ring (bicyclic) bond motifs is 1. The van der Waals surface area contributed by atoms with Crippen LogP contribution in [0.15, 0.2) is 85.2 Å². The Labute approximate surface area is 239 Å². The zero-order valence-electron chi connectivity index (χ0n) is 23.2. The Morgan fingerprint density at radius 3 is 2.51 bits per heavy atom. The predicted molar refractivity (Wildman–Crippen MR) is 161 cm³/mol. The maximum absolute atomic E-state index is 13.4. The summed E-state index contributed by atoms with van der Waals surface area (Å²) >= 11 is 0. The average Bonchev–Trinajstić information content (AvgIpc) is 3.55. The molecule has 0 unspecified atom stereocenters. The van der Waals surface area contributed by atoms with Gasteiger partial charge in [-0.25, -0.2) is 4.98 Å². The number of unbranched alkanes of at least 4 members (excludes halogenated alkanes) is 3. The molecule has 5 aromatic rings. The van der Waals surface area contributed by atoms with E-state index in [4.69, 9.17) is 9.17 Å². The van der Waals surface area contributed by atoms with Gasteiger partial charge in [0.15, 0.2) is 0 Å². The number of aryl methyl sites for hydroxylation is 2. The molecule has 10 heteroatoms. The van der Waals surface area contributed by atoms with Crippen LogP contribution in [-0.4, -0.2) is 46.5 Å². The molecule has 0 atom stereocenters. The number of aromatic nitrogens is 4. The quantitative estimate of drug-likeness (QED) is 0.151. The van der Waals surface area contributed by atoms with Crippen LogP contribution in [-0.2, 0) is 27.8 Å². The minimum atomic E-state index is -3.39. The first-order valence-corrected chi connectivity index (χ1v) is 15.4. The summed E-state index contributed by atoms with van der Waals surface area (Å²) in [6.45, 7) is 0.205. The molecule has 3 aromatic carbocycles. The van der Waals surface area contributed by atoms with Gasteiger partial charge in [-0.05, 0) is 66.8 Å². The van der Waals surface area contributed by atoms with Gasteiger partial charge in [0.05, 0.1) is 30.3 Å². The van der Waals surface area contributed by atoms with Gasteiger partial charge < -0.3 is 0 Å². The Bertz CT molecular complexity index is 1760. The number of benzene rings is 3. The van der Waals surface area contributed by atoms with E-state index in [-0.39, 0.29) is 12.5 Å². The van der Waals surface area contributed by atoms with Crippen LogP contribution in [0.4, 0.5) is 5.95 Å². The molecule has 1 N–H and O–H groups in total. The zero-order valence-corrected chi connectivity index (χ0v) is 24.0. The number of hydrogen-bond donors (Lipinski definition) is 1. The second-order valence-electron chi connectivity index (χ2n) is 10.0. The fourth-order valence-corrected chi connectivity index (χ4v) is 5.17. The van der Waals surface area contributed by atoms with Crippen LogP contribution in [0.25, 0.3) is 27.7 Å². The summed E-state index contributed by atoms with van der Waals surface area (Å²) in [4.78, 5) is 18.2. The molecule has 9 nitrogen and oxygen atoms in total. The molecule has 0 saturated carbocycles. The highest BCUT2D eigenvalue weighted by molar-refractivity contribution is 7.85. The molecule has 2 heterocycles. The molecule has 0 aliphatic carbocycles. The van der Waals surface area contributed by atoms with E-state index in [1.807, 2.05) is 89.4 Å². The third-order valence-electron chi connectivity index (χ3n) is 6.84. The van der Waals surface area contributed by atoms with Crippen molar-refractivity contribution in [3.05, 3.63) is 96.4 Å². The van der Waals surface area contributed by atoms with Gasteiger partial charge in [-0.3, -0.25) is 23.5 Å². The van der Waals surface area contributed by atoms with Crippen LogP contribution in [0, 0.1) is 0 Å². The van der Waals surface area contributed by atoms with E-state index in [0.717, 1.165) is 65.4 Å². The number of nitrogens with zero attached hydrogens (tertiary/aromatic N) is 4. The van der Waals surface area contributed by atoms with Crippen molar-refractivity contribution in [2.45, 2.75) is 32.1 Å². The minimum absolute atomic E-state index is 0.205. The summed E-state index contributed by atoms with van der Waals surface area (Å²) in [5.41, 5.74) is 5.31. The van der Waals surface area contributed by atoms with E-state index in [1.54, 1.807) is 6.07 Å². The van der Waals surface area contributed by atoms with E-state index < -0.39 is 10.1 Å². The van der Waals surface area contributed by atoms with Crippen molar-refractivity contribution in [1.29, 1.82) is 0 Å². The number of imidazole rings is 1. The van der Waals surface area contributed by atoms with Crippen LogP contribution in [0.1, 0.15) is 41.7 Å². The molecule has 0 fully saturated rings. The zero-order chi connectivity index (χ0) is 28.8. The maximum atomic E-state index is 13.4. The summed E-state index contributed by atoms with van der Waals surface area (Å²) in [6, 6.07) is 23.5. The van der Waals surface area contributed by atoms with E-state index >= 15 is 0 Å². The minimum Gasteiger partial charge on any atom is -0.292 e. The Hall–Kier alpha value is -4.28. The number of nitrogens with one attached hydrogen (secondary N) is 1. The van der Waals surface area contributed by atoms with E-state index in [0.29, 0.717) is 17.9 Å². The number of carbonyl (C=O) groups excluding carboxylic acids is 1. The van der Waals surface area contributed by atoms with Gasteiger partial charge in [-0.1, -0.05) is 49.2 Å². The van der Waals surface area contributed by atoms with Gasteiger partial charge in [-0.15, -0.1) is 0 Å². The van der Waals surface area contributed by atoms with Gasteiger partial charge in [0, 0.05) is 29.9 Å². The van der Waals surface area contributed by atoms with Crippen molar-refractivity contribution in [3.63, 3.8) is 0 Å². The number of amides is 1. The molecule has 5 rings (SSSR count). The molecule has 41 heavy (non-hydrogen) atoms. The van der Waals surface area contributed by atoms with Crippen LogP contribution in [0.2, 0.25) is 0 Å². The highest BCUT2D eigenvalue weighted by Gasteiger charge is 2.15. The maximum Gasteiger partial charge on any atom is 0.264 e. The van der Waals surface area contributed by atoms with E-state index in [9.17, 15) is 13.2 Å². The third-order valence-corrected chi connectivity index (χ3v) is 7.44. The number of para-hydroxylation sites is 1. The lowest BCUT2D eigenvalue weighted by Crippen LogP contribution is -2.15. The Kier molecular flexibility index (Phi) is 8.61. The molecule has 2 aromatic heterocycles. The molecule has 1 amide bonds.